The number of rotatable bonds is 4. The maximum Gasteiger partial charge on any atom is 0.323 e. The van der Waals surface area contributed by atoms with E-state index in [-0.39, 0.29) is 12.5 Å². The molecule has 0 atom stereocenters. The van der Waals surface area contributed by atoms with E-state index >= 15 is 0 Å². The maximum atomic E-state index is 12.5. The number of pyridine rings is 1. The van der Waals surface area contributed by atoms with E-state index in [9.17, 15) is 9.59 Å². The van der Waals surface area contributed by atoms with Crippen molar-refractivity contribution in [3.05, 3.63) is 59.9 Å². The minimum Gasteiger partial charge on any atom is -0.480 e. The van der Waals surface area contributed by atoms with Crippen LogP contribution in [-0.2, 0) is 4.79 Å². The zero-order valence-electron chi connectivity index (χ0n) is 11.0. The number of aromatic nitrogens is 1. The number of aliphatic carboxylic acids is 1. The standard InChI is InChI=1S/C15H14N2O3/c1-11-9-12(7-8-16-11)15(20)17(10-14(18)19)13-5-3-2-4-6-13/h2-9H,10H2,1H3,(H,18,19). The van der Waals surface area contributed by atoms with Crippen LogP contribution in [0.1, 0.15) is 16.1 Å². The summed E-state index contributed by atoms with van der Waals surface area (Å²) < 4.78 is 0. The SMILES string of the molecule is Cc1cc(C(=O)N(CC(=O)O)c2ccccc2)ccn1. The number of carboxylic acids is 1. The van der Waals surface area contributed by atoms with Crippen LogP contribution in [0, 0.1) is 6.92 Å². The lowest BCUT2D eigenvalue weighted by atomic mass is 10.2. The third-order valence-electron chi connectivity index (χ3n) is 2.75. The topological polar surface area (TPSA) is 70.5 Å². The van der Waals surface area contributed by atoms with Gasteiger partial charge in [-0.05, 0) is 31.2 Å². The average Bonchev–Trinajstić information content (AvgIpc) is 2.45. The fraction of sp³-hybridized carbons (Fsp3) is 0.133. The van der Waals surface area contributed by atoms with Crippen LogP contribution in [0.15, 0.2) is 48.7 Å². The number of carbonyl (C=O) groups is 2. The Morgan fingerprint density at radius 1 is 1.20 bits per heavy atom. The number of hydrogen-bond donors (Lipinski definition) is 1. The first-order valence-electron chi connectivity index (χ1n) is 6.09. The number of nitrogens with zero attached hydrogens (tertiary/aromatic N) is 2. The molecule has 0 aliphatic heterocycles. The summed E-state index contributed by atoms with van der Waals surface area (Å²) in [6, 6.07) is 11.9. The van der Waals surface area contributed by atoms with Crippen molar-refractivity contribution in [3.8, 4) is 0 Å². The molecular weight excluding hydrogens is 256 g/mol. The number of hydrogen-bond acceptors (Lipinski definition) is 3. The zero-order chi connectivity index (χ0) is 14.5. The van der Waals surface area contributed by atoms with Crippen molar-refractivity contribution >= 4 is 17.6 Å². The van der Waals surface area contributed by atoms with Crippen LogP contribution in [0.4, 0.5) is 5.69 Å². The highest BCUT2D eigenvalue weighted by molar-refractivity contribution is 6.08. The molecule has 0 bridgehead atoms. The van der Waals surface area contributed by atoms with Gasteiger partial charge in [0.2, 0.25) is 0 Å². The first-order valence-corrected chi connectivity index (χ1v) is 6.09. The molecule has 1 aromatic carbocycles. The fourth-order valence-electron chi connectivity index (χ4n) is 1.86. The molecule has 0 radical (unpaired) electrons. The molecule has 0 spiro atoms. The predicted molar refractivity (Wildman–Crippen MR) is 74.7 cm³/mol. The van der Waals surface area contributed by atoms with Crippen molar-refractivity contribution in [2.75, 3.05) is 11.4 Å². The van der Waals surface area contributed by atoms with Gasteiger partial charge in [0, 0.05) is 23.1 Å². The zero-order valence-corrected chi connectivity index (χ0v) is 11.0. The number of para-hydroxylation sites is 1. The summed E-state index contributed by atoms with van der Waals surface area (Å²) in [4.78, 5) is 28.7. The van der Waals surface area contributed by atoms with Crippen molar-refractivity contribution < 1.29 is 14.7 Å². The highest BCUT2D eigenvalue weighted by Gasteiger charge is 2.20. The van der Waals surface area contributed by atoms with Gasteiger partial charge in [0.05, 0.1) is 0 Å². The summed E-state index contributed by atoms with van der Waals surface area (Å²) in [5.41, 5.74) is 1.68. The van der Waals surface area contributed by atoms with Gasteiger partial charge in [0.1, 0.15) is 6.54 Å². The second kappa shape index (κ2) is 5.97. The molecule has 102 valence electrons. The van der Waals surface area contributed by atoms with Crippen LogP contribution in [-0.4, -0.2) is 28.5 Å². The second-order valence-corrected chi connectivity index (χ2v) is 4.31. The Bertz CT molecular complexity index is 626. The quantitative estimate of drug-likeness (QED) is 0.923. The molecule has 2 rings (SSSR count). The molecule has 1 N–H and O–H groups in total. The first-order chi connectivity index (χ1) is 9.58. The number of carboxylic acid groups (broad SMARTS) is 1. The Morgan fingerprint density at radius 3 is 2.50 bits per heavy atom. The lowest BCUT2D eigenvalue weighted by molar-refractivity contribution is -0.135. The van der Waals surface area contributed by atoms with E-state index in [0.717, 1.165) is 0 Å². The third-order valence-corrected chi connectivity index (χ3v) is 2.75. The molecule has 1 heterocycles. The van der Waals surface area contributed by atoms with Gasteiger partial charge in [0.25, 0.3) is 5.91 Å². The van der Waals surface area contributed by atoms with Crippen molar-refractivity contribution in [1.82, 2.24) is 4.98 Å². The molecule has 0 saturated carbocycles. The van der Waals surface area contributed by atoms with Gasteiger partial charge < -0.3 is 5.11 Å². The number of carbonyl (C=O) groups excluding carboxylic acids is 1. The molecule has 2 aromatic rings. The molecular formula is C15H14N2O3. The number of anilines is 1. The minimum absolute atomic E-state index is 0.357. The van der Waals surface area contributed by atoms with E-state index in [4.69, 9.17) is 5.11 Å². The van der Waals surface area contributed by atoms with Crippen LogP contribution < -0.4 is 4.90 Å². The Labute approximate surface area is 116 Å². The van der Waals surface area contributed by atoms with Gasteiger partial charge in [-0.2, -0.15) is 0 Å². The van der Waals surface area contributed by atoms with Gasteiger partial charge in [-0.25, -0.2) is 0 Å². The molecule has 20 heavy (non-hydrogen) atoms. The van der Waals surface area contributed by atoms with E-state index in [2.05, 4.69) is 4.98 Å². The first kappa shape index (κ1) is 13.7. The van der Waals surface area contributed by atoms with Gasteiger partial charge in [-0.3, -0.25) is 19.5 Å². The molecule has 0 unspecified atom stereocenters. The van der Waals surface area contributed by atoms with Gasteiger partial charge in [-0.1, -0.05) is 18.2 Å². The normalized spacial score (nSPS) is 10.1. The van der Waals surface area contributed by atoms with Crippen molar-refractivity contribution in [2.45, 2.75) is 6.92 Å². The fourth-order valence-corrected chi connectivity index (χ4v) is 1.86. The summed E-state index contributed by atoms with van der Waals surface area (Å²) in [5.74, 6) is -1.42. The Balaban J connectivity index is 2.36. The number of benzene rings is 1. The van der Waals surface area contributed by atoms with Crippen molar-refractivity contribution in [2.24, 2.45) is 0 Å². The highest BCUT2D eigenvalue weighted by atomic mass is 16.4. The minimum atomic E-state index is -1.06. The molecule has 5 nitrogen and oxygen atoms in total. The lowest BCUT2D eigenvalue weighted by Gasteiger charge is -2.21. The Hall–Kier alpha value is -2.69. The van der Waals surface area contributed by atoms with Gasteiger partial charge >= 0.3 is 5.97 Å². The Kier molecular flexibility index (Phi) is 4.10. The van der Waals surface area contributed by atoms with Crippen molar-refractivity contribution in [3.63, 3.8) is 0 Å². The molecule has 1 aromatic heterocycles. The molecule has 5 heteroatoms. The average molecular weight is 270 g/mol. The number of amides is 1. The number of aryl methyl sites for hydroxylation is 1. The van der Waals surface area contributed by atoms with Crippen LogP contribution in [0.5, 0.6) is 0 Å². The summed E-state index contributed by atoms with van der Waals surface area (Å²) in [5, 5.41) is 8.99. The van der Waals surface area contributed by atoms with Gasteiger partial charge in [0.15, 0.2) is 0 Å². The van der Waals surface area contributed by atoms with E-state index in [1.54, 1.807) is 43.3 Å². The van der Waals surface area contributed by atoms with Crippen LogP contribution >= 0.6 is 0 Å². The van der Waals surface area contributed by atoms with Crippen LogP contribution in [0.2, 0.25) is 0 Å². The van der Waals surface area contributed by atoms with Crippen LogP contribution in [0.25, 0.3) is 0 Å². The second-order valence-electron chi connectivity index (χ2n) is 4.31. The third kappa shape index (κ3) is 3.20. The predicted octanol–water partition coefficient (Wildman–Crippen LogP) is 2.12. The molecule has 0 aliphatic carbocycles. The smallest absolute Gasteiger partial charge is 0.323 e. The molecule has 0 aliphatic rings. The van der Waals surface area contributed by atoms with E-state index in [0.29, 0.717) is 16.9 Å². The van der Waals surface area contributed by atoms with Crippen molar-refractivity contribution in [1.29, 1.82) is 0 Å². The van der Waals surface area contributed by atoms with Gasteiger partial charge in [-0.15, -0.1) is 0 Å². The van der Waals surface area contributed by atoms with E-state index in [1.807, 2.05) is 6.07 Å². The maximum absolute atomic E-state index is 12.5. The van der Waals surface area contributed by atoms with E-state index in [1.165, 1.54) is 11.1 Å². The molecule has 0 saturated heterocycles. The highest BCUT2D eigenvalue weighted by Crippen LogP contribution is 2.16. The van der Waals surface area contributed by atoms with Crippen LogP contribution in [0.3, 0.4) is 0 Å². The lowest BCUT2D eigenvalue weighted by Crippen LogP contribution is -2.35. The summed E-state index contributed by atoms with van der Waals surface area (Å²) in [7, 11) is 0. The summed E-state index contributed by atoms with van der Waals surface area (Å²) in [6.45, 7) is 1.39. The molecule has 0 fully saturated rings. The summed E-state index contributed by atoms with van der Waals surface area (Å²) >= 11 is 0. The summed E-state index contributed by atoms with van der Waals surface area (Å²) in [6.07, 6.45) is 1.53. The monoisotopic (exact) mass is 270 g/mol. The largest absolute Gasteiger partial charge is 0.480 e. The Morgan fingerprint density at radius 2 is 1.90 bits per heavy atom. The molecule has 1 amide bonds. The van der Waals surface area contributed by atoms with E-state index < -0.39 is 5.97 Å².